The van der Waals surface area contributed by atoms with E-state index in [1.54, 1.807) is 18.2 Å². The van der Waals surface area contributed by atoms with Crippen LogP contribution in [0.1, 0.15) is 29.4 Å². The van der Waals surface area contributed by atoms with E-state index in [0.29, 0.717) is 12.0 Å². The van der Waals surface area contributed by atoms with Crippen LogP contribution in [-0.4, -0.2) is 19.5 Å². The minimum absolute atomic E-state index is 0.115. The first-order valence-electron chi connectivity index (χ1n) is 7.05. The van der Waals surface area contributed by atoms with Gasteiger partial charge in [-0.1, -0.05) is 23.4 Å². The number of hydrogen-bond acceptors (Lipinski definition) is 5. The van der Waals surface area contributed by atoms with Gasteiger partial charge in [-0.15, -0.1) is 0 Å². The Morgan fingerprint density at radius 1 is 1.35 bits per heavy atom. The smallest absolute Gasteiger partial charge is 0.269 e. The summed E-state index contributed by atoms with van der Waals surface area (Å²) in [6.07, 6.45) is 0.421. The van der Waals surface area contributed by atoms with Crippen LogP contribution >= 0.6 is 0 Å². The molecule has 1 amide bonds. The first kappa shape index (κ1) is 15.7. The lowest BCUT2D eigenvalue weighted by molar-refractivity contribution is -0.120. The molecule has 1 N–H and O–H groups in total. The lowest BCUT2D eigenvalue weighted by atomic mass is 10.1. The Bertz CT molecular complexity index is 856. The highest BCUT2D eigenvalue weighted by atomic mass is 32.2. The van der Waals surface area contributed by atoms with Gasteiger partial charge in [-0.25, -0.2) is 17.5 Å². The van der Waals surface area contributed by atoms with Crippen LogP contribution in [-0.2, 0) is 14.8 Å². The van der Waals surface area contributed by atoms with Gasteiger partial charge in [0.2, 0.25) is 5.91 Å². The Hall–Kier alpha value is -2.22. The van der Waals surface area contributed by atoms with Crippen LogP contribution in [0.3, 0.4) is 0 Å². The first-order valence-corrected chi connectivity index (χ1v) is 8.53. The molecule has 122 valence electrons. The topological polar surface area (TPSA) is 89.3 Å². The Morgan fingerprint density at radius 2 is 2.04 bits per heavy atom. The third kappa shape index (κ3) is 2.86. The fourth-order valence-corrected chi connectivity index (χ4v) is 4.08. The minimum Gasteiger partial charge on any atom is -0.360 e. The molecule has 2 aromatic rings. The summed E-state index contributed by atoms with van der Waals surface area (Å²) in [5.74, 6) is -1.76. The standard InChI is InChI=1S/C15H15FN2O4S/c1-8-14(9(2)22-17-8)23(20,21)18-15(19)12-7-11(12)10-5-3-4-6-13(10)16/h3-6,11-12H,7H2,1-2H3,(H,18,19). The molecule has 1 aliphatic rings. The maximum atomic E-state index is 13.7. The van der Waals surface area contributed by atoms with Gasteiger partial charge in [0.25, 0.3) is 10.0 Å². The van der Waals surface area contributed by atoms with Crippen molar-refractivity contribution in [3.8, 4) is 0 Å². The number of aryl methyl sites for hydroxylation is 2. The molecule has 0 bridgehead atoms. The van der Waals surface area contributed by atoms with Crippen molar-refractivity contribution in [2.75, 3.05) is 0 Å². The third-order valence-corrected chi connectivity index (χ3v) is 5.49. The number of benzene rings is 1. The number of nitrogens with one attached hydrogen (secondary N) is 1. The first-order chi connectivity index (χ1) is 10.8. The fraction of sp³-hybridized carbons (Fsp3) is 0.333. The number of hydrogen-bond donors (Lipinski definition) is 1. The zero-order valence-corrected chi connectivity index (χ0v) is 13.4. The van der Waals surface area contributed by atoms with Crippen molar-refractivity contribution in [2.24, 2.45) is 5.92 Å². The summed E-state index contributed by atoms with van der Waals surface area (Å²) < 4.78 is 45.1. The van der Waals surface area contributed by atoms with Gasteiger partial charge in [0.05, 0.1) is 0 Å². The van der Waals surface area contributed by atoms with Crippen molar-refractivity contribution in [1.82, 2.24) is 9.88 Å². The lowest BCUT2D eigenvalue weighted by Crippen LogP contribution is -2.32. The summed E-state index contributed by atoms with van der Waals surface area (Å²) >= 11 is 0. The van der Waals surface area contributed by atoms with Gasteiger partial charge < -0.3 is 4.52 Å². The quantitative estimate of drug-likeness (QED) is 0.921. The predicted octanol–water partition coefficient (Wildman–Crippen LogP) is 2.04. The normalized spacial score (nSPS) is 20.3. The van der Waals surface area contributed by atoms with E-state index in [0.717, 1.165) is 0 Å². The van der Waals surface area contributed by atoms with E-state index in [9.17, 15) is 17.6 Å². The molecule has 3 rings (SSSR count). The summed E-state index contributed by atoms with van der Waals surface area (Å²) in [4.78, 5) is 12.0. The summed E-state index contributed by atoms with van der Waals surface area (Å²) in [7, 11) is -4.05. The fourth-order valence-electron chi connectivity index (χ4n) is 2.72. The molecule has 0 spiro atoms. The molecule has 1 aromatic carbocycles. The SMILES string of the molecule is Cc1noc(C)c1S(=O)(=O)NC(=O)C1CC1c1ccccc1F. The van der Waals surface area contributed by atoms with Crippen molar-refractivity contribution >= 4 is 15.9 Å². The average molecular weight is 338 g/mol. The van der Waals surface area contributed by atoms with Gasteiger partial charge in [-0.2, -0.15) is 0 Å². The number of sulfonamides is 1. The molecule has 2 unspecified atom stereocenters. The number of aromatic nitrogens is 1. The Labute approximate surface area is 132 Å². The van der Waals surface area contributed by atoms with Crippen molar-refractivity contribution < 1.29 is 22.1 Å². The Kier molecular flexibility index (Phi) is 3.71. The lowest BCUT2D eigenvalue weighted by Gasteiger charge is -2.06. The second-order valence-corrected chi connectivity index (χ2v) is 7.21. The highest BCUT2D eigenvalue weighted by Gasteiger charge is 2.46. The molecule has 0 aliphatic heterocycles. The molecule has 6 nitrogen and oxygen atoms in total. The van der Waals surface area contributed by atoms with Crippen molar-refractivity contribution in [3.63, 3.8) is 0 Å². The van der Waals surface area contributed by atoms with Gasteiger partial charge in [-0.05, 0) is 37.8 Å². The Morgan fingerprint density at radius 3 is 2.65 bits per heavy atom. The molecule has 2 atom stereocenters. The Balaban J connectivity index is 1.75. The number of amides is 1. The molecule has 1 saturated carbocycles. The molecule has 1 heterocycles. The van der Waals surface area contributed by atoms with Gasteiger partial charge in [0.1, 0.15) is 11.5 Å². The molecular formula is C15H15FN2O4S. The van der Waals surface area contributed by atoms with Crippen LogP contribution in [0.5, 0.6) is 0 Å². The van der Waals surface area contributed by atoms with Gasteiger partial charge in [-0.3, -0.25) is 4.79 Å². The molecule has 1 fully saturated rings. The van der Waals surface area contributed by atoms with Gasteiger partial charge >= 0.3 is 0 Å². The zero-order valence-electron chi connectivity index (χ0n) is 12.5. The maximum Gasteiger partial charge on any atom is 0.269 e. The van der Waals surface area contributed by atoms with E-state index in [4.69, 9.17) is 4.52 Å². The summed E-state index contributed by atoms with van der Waals surface area (Å²) in [5, 5.41) is 3.57. The van der Waals surface area contributed by atoms with E-state index >= 15 is 0 Å². The molecule has 1 aromatic heterocycles. The molecule has 8 heteroatoms. The van der Waals surface area contributed by atoms with Crippen LogP contribution in [0.4, 0.5) is 4.39 Å². The van der Waals surface area contributed by atoms with Crippen LogP contribution in [0.15, 0.2) is 33.7 Å². The second kappa shape index (κ2) is 5.45. The monoisotopic (exact) mass is 338 g/mol. The maximum absolute atomic E-state index is 13.7. The van der Waals surface area contributed by atoms with Gasteiger partial charge in [0, 0.05) is 5.92 Å². The van der Waals surface area contributed by atoms with Crippen molar-refractivity contribution in [2.45, 2.75) is 31.1 Å². The number of carbonyl (C=O) groups is 1. The van der Waals surface area contributed by atoms with Gasteiger partial charge in [0.15, 0.2) is 10.7 Å². The van der Waals surface area contributed by atoms with E-state index in [2.05, 4.69) is 5.16 Å². The van der Waals surface area contributed by atoms with E-state index < -0.39 is 21.8 Å². The van der Waals surface area contributed by atoms with Crippen LogP contribution in [0, 0.1) is 25.6 Å². The second-order valence-electron chi connectivity index (χ2n) is 5.59. The number of nitrogens with zero attached hydrogens (tertiary/aromatic N) is 1. The average Bonchev–Trinajstić information content (AvgIpc) is 3.18. The van der Waals surface area contributed by atoms with Crippen LogP contribution in [0.25, 0.3) is 0 Å². The summed E-state index contributed by atoms with van der Waals surface area (Å²) in [5.41, 5.74) is 0.617. The molecule has 0 saturated heterocycles. The van der Waals surface area contributed by atoms with E-state index in [1.165, 1.54) is 19.9 Å². The zero-order chi connectivity index (χ0) is 16.8. The molecule has 23 heavy (non-hydrogen) atoms. The number of carbonyl (C=O) groups excluding carboxylic acids is 1. The van der Waals surface area contributed by atoms with E-state index in [-0.39, 0.29) is 28.1 Å². The van der Waals surface area contributed by atoms with E-state index in [1.807, 2.05) is 4.72 Å². The molecule has 1 aliphatic carbocycles. The molecule has 0 radical (unpaired) electrons. The number of rotatable bonds is 4. The summed E-state index contributed by atoms with van der Waals surface area (Å²) in [6, 6.07) is 6.18. The highest BCUT2D eigenvalue weighted by Crippen LogP contribution is 2.48. The number of halogens is 1. The van der Waals surface area contributed by atoms with Crippen LogP contribution < -0.4 is 4.72 Å². The van der Waals surface area contributed by atoms with Crippen molar-refractivity contribution in [1.29, 1.82) is 0 Å². The largest absolute Gasteiger partial charge is 0.360 e. The predicted molar refractivity (Wildman–Crippen MR) is 78.6 cm³/mol. The minimum atomic E-state index is -4.05. The highest BCUT2D eigenvalue weighted by molar-refractivity contribution is 7.90. The molecular weight excluding hydrogens is 323 g/mol. The third-order valence-electron chi connectivity index (χ3n) is 3.90. The summed E-state index contributed by atoms with van der Waals surface area (Å²) in [6.45, 7) is 2.94. The van der Waals surface area contributed by atoms with Crippen molar-refractivity contribution in [3.05, 3.63) is 47.1 Å². The van der Waals surface area contributed by atoms with Crippen LogP contribution in [0.2, 0.25) is 0 Å².